The summed E-state index contributed by atoms with van der Waals surface area (Å²) in [5.74, 6) is -1.48. The lowest BCUT2D eigenvalue weighted by molar-refractivity contribution is 0.0987. The van der Waals surface area contributed by atoms with Crippen LogP contribution in [0.1, 0.15) is 35.0 Å². The highest BCUT2D eigenvalue weighted by Crippen LogP contribution is 2.37. The van der Waals surface area contributed by atoms with Crippen LogP contribution < -0.4 is 10.5 Å². The quantitative estimate of drug-likeness (QED) is 0.502. The number of ketones is 1. The average Bonchev–Trinajstić information content (AvgIpc) is 2.71. The molecule has 0 bridgehead atoms. The van der Waals surface area contributed by atoms with Crippen LogP contribution in [0.3, 0.4) is 0 Å². The number of aromatic nitrogens is 2. The van der Waals surface area contributed by atoms with Crippen LogP contribution in [0.5, 0.6) is 5.88 Å². The van der Waals surface area contributed by atoms with Gasteiger partial charge in [-0.05, 0) is 31.0 Å². The molecule has 7 nitrogen and oxygen atoms in total. The molecule has 1 atom stereocenters. The fraction of sp³-hybridized carbons (Fsp3) is 0.400. The zero-order chi connectivity index (χ0) is 21.7. The third-order valence-corrected chi connectivity index (χ3v) is 5.48. The number of ether oxygens (including phenoxy) is 2. The highest BCUT2D eigenvalue weighted by atomic mass is 32.2. The molecule has 1 aliphatic rings. The smallest absolute Gasteiger partial charge is 0.232 e. The molecule has 0 saturated carbocycles. The number of hydrogen-bond acceptors (Lipinski definition) is 8. The normalized spacial score (nSPS) is 18.7. The van der Waals surface area contributed by atoms with E-state index in [-0.39, 0.29) is 29.3 Å². The number of carbonyl (C=O) groups excluding carboxylic acids is 1. The van der Waals surface area contributed by atoms with Crippen molar-refractivity contribution in [3.8, 4) is 5.88 Å². The molecule has 2 aromatic rings. The summed E-state index contributed by atoms with van der Waals surface area (Å²) >= 11 is 1.37. The Morgan fingerprint density at radius 2 is 2.07 bits per heavy atom. The molecular weight excluding hydrogens is 414 g/mol. The van der Waals surface area contributed by atoms with Crippen LogP contribution in [0, 0.1) is 11.6 Å². The zero-order valence-corrected chi connectivity index (χ0v) is 17.5. The first-order valence-corrected chi connectivity index (χ1v) is 10.2. The summed E-state index contributed by atoms with van der Waals surface area (Å²) < 4.78 is 39.0. The van der Waals surface area contributed by atoms with Crippen LogP contribution in [-0.4, -0.2) is 47.0 Å². The van der Waals surface area contributed by atoms with Gasteiger partial charge in [-0.2, -0.15) is 0 Å². The van der Waals surface area contributed by atoms with Gasteiger partial charge < -0.3 is 15.2 Å². The van der Waals surface area contributed by atoms with Gasteiger partial charge in [0.1, 0.15) is 12.3 Å². The number of nitrogens with two attached hydrogens (primary N) is 1. The van der Waals surface area contributed by atoms with Gasteiger partial charge in [-0.3, -0.25) is 9.79 Å². The van der Waals surface area contributed by atoms with E-state index in [9.17, 15) is 13.6 Å². The Morgan fingerprint density at radius 3 is 2.73 bits per heavy atom. The number of carbonyl (C=O) groups is 1. The maximum Gasteiger partial charge on any atom is 0.232 e. The summed E-state index contributed by atoms with van der Waals surface area (Å²) in [7, 11) is 1.55. The van der Waals surface area contributed by atoms with Crippen LogP contribution in [0.25, 0.3) is 0 Å². The molecule has 1 aromatic heterocycles. The van der Waals surface area contributed by atoms with E-state index in [0.717, 1.165) is 6.07 Å². The summed E-state index contributed by atoms with van der Waals surface area (Å²) in [5, 5.41) is 0.327. The Morgan fingerprint density at radius 1 is 1.27 bits per heavy atom. The van der Waals surface area contributed by atoms with Crippen molar-refractivity contribution < 1.29 is 23.0 Å². The molecule has 2 heterocycles. The minimum atomic E-state index is -1.03. The van der Waals surface area contributed by atoms with Crippen molar-refractivity contribution in [2.45, 2.75) is 25.3 Å². The second-order valence-corrected chi connectivity index (χ2v) is 8.06. The van der Waals surface area contributed by atoms with E-state index in [2.05, 4.69) is 15.0 Å². The van der Waals surface area contributed by atoms with Crippen molar-refractivity contribution in [2.24, 2.45) is 10.7 Å². The topological polar surface area (TPSA) is 99.7 Å². The summed E-state index contributed by atoms with van der Waals surface area (Å²) in [4.78, 5) is 25.0. The number of Topliss-reactive ketones (excluding diaryl/α,β-unsaturated/α-hetero) is 1. The molecule has 1 aliphatic heterocycles. The van der Waals surface area contributed by atoms with Gasteiger partial charge in [0.25, 0.3) is 0 Å². The first-order chi connectivity index (χ1) is 14.3. The van der Waals surface area contributed by atoms with Gasteiger partial charge in [-0.25, -0.2) is 18.7 Å². The monoisotopic (exact) mass is 436 g/mol. The van der Waals surface area contributed by atoms with Gasteiger partial charge in [0, 0.05) is 24.8 Å². The zero-order valence-electron chi connectivity index (χ0n) is 16.7. The van der Waals surface area contributed by atoms with Crippen molar-refractivity contribution in [2.75, 3.05) is 26.1 Å². The van der Waals surface area contributed by atoms with E-state index in [0.29, 0.717) is 36.1 Å². The fourth-order valence-electron chi connectivity index (χ4n) is 3.06. The van der Waals surface area contributed by atoms with E-state index >= 15 is 0 Å². The fourth-order valence-corrected chi connectivity index (χ4v) is 4.03. The summed E-state index contributed by atoms with van der Waals surface area (Å²) in [6, 6.07) is 2.49. The van der Waals surface area contributed by atoms with Gasteiger partial charge in [0.2, 0.25) is 5.88 Å². The lowest BCUT2D eigenvalue weighted by atomic mass is 9.87. The Labute approximate surface area is 177 Å². The number of thioether (sulfide) groups is 1. The Hall–Kier alpha value is -2.59. The predicted molar refractivity (Wildman–Crippen MR) is 110 cm³/mol. The molecule has 0 amide bonds. The molecular formula is C20H22F2N4O3S. The second-order valence-electron chi connectivity index (χ2n) is 6.94. The third kappa shape index (κ3) is 5.11. The van der Waals surface area contributed by atoms with Gasteiger partial charge in [-0.15, -0.1) is 0 Å². The number of hydrogen-bond donors (Lipinski definition) is 1. The van der Waals surface area contributed by atoms with E-state index < -0.39 is 17.2 Å². The SMILES string of the molecule is COCCOc1cnc(C(=O)Cc2cc(F)c(F)c([C@]3(C)CCSC(N)=N3)c2)cn1. The van der Waals surface area contributed by atoms with Crippen LogP contribution in [-0.2, 0) is 16.7 Å². The average molecular weight is 436 g/mol. The molecule has 2 N–H and O–H groups in total. The molecule has 0 saturated heterocycles. The highest BCUT2D eigenvalue weighted by molar-refractivity contribution is 8.13. The van der Waals surface area contributed by atoms with E-state index in [1.54, 1.807) is 14.0 Å². The molecule has 0 fully saturated rings. The molecule has 0 radical (unpaired) electrons. The first-order valence-electron chi connectivity index (χ1n) is 9.26. The third-order valence-electron chi connectivity index (χ3n) is 4.68. The van der Waals surface area contributed by atoms with E-state index in [1.165, 1.54) is 30.2 Å². The van der Waals surface area contributed by atoms with E-state index in [4.69, 9.17) is 15.2 Å². The lowest BCUT2D eigenvalue weighted by Gasteiger charge is -2.30. The van der Waals surface area contributed by atoms with Gasteiger partial charge in [0.15, 0.2) is 22.6 Å². The summed E-state index contributed by atoms with van der Waals surface area (Å²) in [5.41, 5.74) is 5.31. The van der Waals surface area contributed by atoms with E-state index in [1.807, 2.05) is 0 Å². The summed E-state index contributed by atoms with van der Waals surface area (Å²) in [6.45, 7) is 2.41. The van der Waals surface area contributed by atoms with Crippen molar-refractivity contribution in [3.05, 3.63) is 53.0 Å². The largest absolute Gasteiger partial charge is 0.474 e. The van der Waals surface area contributed by atoms with Crippen LogP contribution >= 0.6 is 11.8 Å². The minimum Gasteiger partial charge on any atom is -0.474 e. The molecule has 0 unspecified atom stereocenters. The summed E-state index contributed by atoms with van der Waals surface area (Å²) in [6.07, 6.45) is 2.96. The number of benzene rings is 1. The molecule has 0 aliphatic carbocycles. The van der Waals surface area contributed by atoms with Crippen LogP contribution in [0.4, 0.5) is 8.78 Å². The van der Waals surface area contributed by atoms with Crippen LogP contribution in [0.2, 0.25) is 0 Å². The molecule has 10 heteroatoms. The first kappa shape index (κ1) is 22.1. The van der Waals surface area contributed by atoms with Crippen molar-refractivity contribution in [3.63, 3.8) is 0 Å². The number of rotatable bonds is 8. The molecule has 3 rings (SSSR count). The maximum atomic E-state index is 14.5. The highest BCUT2D eigenvalue weighted by Gasteiger charge is 2.33. The van der Waals surface area contributed by atoms with Crippen molar-refractivity contribution in [1.29, 1.82) is 0 Å². The Bertz CT molecular complexity index is 956. The Balaban J connectivity index is 1.79. The molecule has 160 valence electrons. The number of halogens is 2. The number of aliphatic imine (C=N–C) groups is 1. The molecule has 30 heavy (non-hydrogen) atoms. The predicted octanol–water partition coefficient (Wildman–Crippen LogP) is 2.87. The van der Waals surface area contributed by atoms with Crippen molar-refractivity contribution >= 4 is 22.7 Å². The van der Waals surface area contributed by atoms with Gasteiger partial charge >= 0.3 is 0 Å². The molecule has 0 spiro atoms. The standard InChI is InChI=1S/C20H22F2N4O3S/c1-20(3-6-30-19(23)26-20)13-7-12(8-14(21)18(13)22)9-16(27)15-10-25-17(11-24-15)29-5-4-28-2/h7-8,10-11H,3-6,9H2,1-2H3,(H2,23,26)/t20-/m0/s1. The second kappa shape index (κ2) is 9.48. The van der Waals surface area contributed by atoms with Gasteiger partial charge in [0.05, 0.1) is 24.5 Å². The maximum absolute atomic E-state index is 14.5. The number of nitrogens with zero attached hydrogens (tertiary/aromatic N) is 3. The lowest BCUT2D eigenvalue weighted by Crippen LogP contribution is -2.30. The van der Waals surface area contributed by atoms with Crippen LogP contribution in [0.15, 0.2) is 29.5 Å². The Kier molecular flexibility index (Phi) is 6.99. The minimum absolute atomic E-state index is 0.0847. The number of amidine groups is 1. The number of methoxy groups -OCH3 is 1. The van der Waals surface area contributed by atoms with Crippen molar-refractivity contribution in [1.82, 2.24) is 9.97 Å². The molecule has 1 aromatic carbocycles. The van der Waals surface area contributed by atoms with Gasteiger partial charge in [-0.1, -0.05) is 11.8 Å².